The van der Waals surface area contributed by atoms with E-state index in [4.69, 9.17) is 9.47 Å². The highest BCUT2D eigenvalue weighted by molar-refractivity contribution is 5.79. The summed E-state index contributed by atoms with van der Waals surface area (Å²) in [4.78, 5) is 25.4. The lowest BCUT2D eigenvalue weighted by atomic mass is 9.33. The molecule has 1 saturated heterocycles. The van der Waals surface area contributed by atoms with Crippen molar-refractivity contribution < 1.29 is 54.8 Å². The zero-order chi connectivity index (χ0) is 33.8. The van der Waals surface area contributed by atoms with Crippen LogP contribution in [-0.4, -0.2) is 97.7 Å². The van der Waals surface area contributed by atoms with Gasteiger partial charge in [-0.05, 0) is 98.7 Å². The van der Waals surface area contributed by atoms with Crippen LogP contribution in [0.3, 0.4) is 0 Å². The molecule has 46 heavy (non-hydrogen) atoms. The zero-order valence-electron chi connectivity index (χ0n) is 27.8. The number of carbonyl (C=O) groups is 2. The Labute approximate surface area is 271 Å². The van der Waals surface area contributed by atoms with E-state index in [0.29, 0.717) is 44.9 Å². The van der Waals surface area contributed by atoms with E-state index in [1.54, 1.807) is 6.92 Å². The largest absolute Gasteiger partial charge is 0.481 e. The summed E-state index contributed by atoms with van der Waals surface area (Å²) in [5, 5.41) is 74.3. The van der Waals surface area contributed by atoms with Crippen LogP contribution in [0.5, 0.6) is 0 Å². The summed E-state index contributed by atoms with van der Waals surface area (Å²) >= 11 is 0. The third-order valence-electron chi connectivity index (χ3n) is 15.1. The van der Waals surface area contributed by atoms with Gasteiger partial charge in [-0.2, -0.15) is 0 Å². The number of hydrogen-bond donors (Lipinski definition) is 7. The summed E-state index contributed by atoms with van der Waals surface area (Å²) < 4.78 is 11.7. The second kappa shape index (κ2) is 11.0. The molecular formula is C35H54O11. The molecule has 0 aromatic carbocycles. The number of carboxylic acid groups (broad SMARTS) is 2. The van der Waals surface area contributed by atoms with Crippen molar-refractivity contribution in [2.24, 2.45) is 50.2 Å². The summed E-state index contributed by atoms with van der Waals surface area (Å²) in [6.45, 7) is 9.93. The Morgan fingerprint density at radius 3 is 2.17 bits per heavy atom. The Kier molecular flexibility index (Phi) is 8.16. The van der Waals surface area contributed by atoms with Crippen molar-refractivity contribution >= 4 is 11.9 Å². The number of ether oxygens (including phenoxy) is 2. The highest BCUT2D eigenvalue weighted by Crippen LogP contribution is 2.76. The maximum absolute atomic E-state index is 13.0. The number of fused-ring (bicyclic) bond motifs is 7. The minimum Gasteiger partial charge on any atom is -0.481 e. The summed E-state index contributed by atoms with van der Waals surface area (Å²) in [5.74, 6) is -2.05. The number of allylic oxidation sites excluding steroid dienone is 2. The molecule has 0 aromatic rings. The number of carboxylic acids is 2. The average Bonchev–Trinajstić information content (AvgIpc) is 2.99. The van der Waals surface area contributed by atoms with Crippen molar-refractivity contribution in [3.05, 3.63) is 11.6 Å². The predicted octanol–water partition coefficient (Wildman–Crippen LogP) is 2.70. The summed E-state index contributed by atoms with van der Waals surface area (Å²) in [6.07, 6.45) is -0.432. The second-order valence-corrected chi connectivity index (χ2v) is 17.1. The fourth-order valence-corrected chi connectivity index (χ4v) is 12.1. The lowest BCUT2D eigenvalue weighted by Crippen LogP contribution is -2.69. The van der Waals surface area contributed by atoms with Gasteiger partial charge in [0.2, 0.25) is 0 Å². The van der Waals surface area contributed by atoms with Crippen LogP contribution in [0.25, 0.3) is 0 Å². The summed E-state index contributed by atoms with van der Waals surface area (Å²) in [6, 6.07) is 0. The molecule has 7 N–H and O–H groups in total. The molecule has 6 rings (SSSR count). The first-order valence-corrected chi connectivity index (χ1v) is 17.1. The van der Waals surface area contributed by atoms with Crippen LogP contribution in [-0.2, 0) is 19.1 Å². The Morgan fingerprint density at radius 2 is 1.54 bits per heavy atom. The van der Waals surface area contributed by atoms with Crippen LogP contribution in [0.2, 0.25) is 0 Å². The van der Waals surface area contributed by atoms with E-state index < -0.39 is 70.4 Å². The number of aliphatic hydroxyl groups is 5. The molecule has 0 spiro atoms. The third-order valence-corrected chi connectivity index (χ3v) is 15.1. The van der Waals surface area contributed by atoms with Crippen LogP contribution >= 0.6 is 0 Å². The molecule has 260 valence electrons. The van der Waals surface area contributed by atoms with Crippen LogP contribution in [0, 0.1) is 50.2 Å². The van der Waals surface area contributed by atoms with Gasteiger partial charge in [0.25, 0.3) is 0 Å². The molecule has 1 aliphatic heterocycles. The van der Waals surface area contributed by atoms with E-state index in [1.165, 1.54) is 0 Å². The molecule has 11 heteroatoms. The quantitative estimate of drug-likeness (QED) is 0.171. The van der Waals surface area contributed by atoms with E-state index in [1.807, 2.05) is 6.92 Å². The number of aliphatic hydroxyl groups excluding tert-OH is 5. The number of rotatable bonds is 5. The van der Waals surface area contributed by atoms with Crippen molar-refractivity contribution in [2.45, 2.75) is 129 Å². The monoisotopic (exact) mass is 650 g/mol. The molecule has 0 unspecified atom stereocenters. The van der Waals surface area contributed by atoms with Crippen LogP contribution in [0.4, 0.5) is 0 Å². The van der Waals surface area contributed by atoms with Crippen LogP contribution in [0.1, 0.15) is 92.4 Å². The highest BCUT2D eigenvalue weighted by Gasteiger charge is 2.71. The molecule has 0 radical (unpaired) electrons. The lowest BCUT2D eigenvalue weighted by Gasteiger charge is -2.71. The van der Waals surface area contributed by atoms with Gasteiger partial charge in [0.1, 0.15) is 18.3 Å². The minimum absolute atomic E-state index is 0.0713. The number of hydrogen-bond acceptors (Lipinski definition) is 9. The van der Waals surface area contributed by atoms with Gasteiger partial charge < -0.3 is 45.2 Å². The predicted molar refractivity (Wildman–Crippen MR) is 164 cm³/mol. The lowest BCUT2D eigenvalue weighted by molar-refractivity contribution is -0.328. The van der Waals surface area contributed by atoms with Crippen molar-refractivity contribution in [3.8, 4) is 0 Å². The molecule has 4 saturated carbocycles. The normalized spacial score (nSPS) is 55.2. The minimum atomic E-state index is -1.52. The summed E-state index contributed by atoms with van der Waals surface area (Å²) in [5.41, 5.74) is -2.84. The Balaban J connectivity index is 1.35. The molecule has 5 aliphatic carbocycles. The van der Waals surface area contributed by atoms with Gasteiger partial charge in [0, 0.05) is 5.41 Å². The van der Waals surface area contributed by atoms with Crippen molar-refractivity contribution in [2.75, 3.05) is 13.2 Å². The van der Waals surface area contributed by atoms with E-state index in [9.17, 15) is 45.3 Å². The van der Waals surface area contributed by atoms with Crippen LogP contribution < -0.4 is 0 Å². The molecule has 0 bridgehead atoms. The van der Waals surface area contributed by atoms with Gasteiger partial charge in [-0.15, -0.1) is 0 Å². The van der Waals surface area contributed by atoms with E-state index in [0.717, 1.165) is 18.4 Å². The molecule has 5 fully saturated rings. The second-order valence-electron chi connectivity index (χ2n) is 17.1. The van der Waals surface area contributed by atoms with Crippen LogP contribution in [0.15, 0.2) is 11.6 Å². The molecule has 0 amide bonds. The third kappa shape index (κ3) is 4.41. The van der Waals surface area contributed by atoms with Crippen molar-refractivity contribution in [1.82, 2.24) is 0 Å². The smallest absolute Gasteiger partial charge is 0.310 e. The first kappa shape index (κ1) is 34.3. The summed E-state index contributed by atoms with van der Waals surface area (Å²) in [7, 11) is 0. The molecule has 11 nitrogen and oxygen atoms in total. The zero-order valence-corrected chi connectivity index (χ0v) is 27.8. The molecule has 0 aromatic heterocycles. The van der Waals surface area contributed by atoms with Gasteiger partial charge in [0.15, 0.2) is 6.29 Å². The van der Waals surface area contributed by atoms with Gasteiger partial charge in [-0.3, -0.25) is 9.59 Å². The SMILES string of the molecule is C[C@]1(C(=O)O)CC[C@]2(C(=O)O)CC[C@]3(C)C(=CC[C@@H]4[C@]5(C)C[C@H](O)[C@@H](O[C@@H]6OC[C@@H](O)[C@H](O)[C@H]6O)[C@@](C)(CO)[C@H]5CC[C@]43C)[C@H]2C1. The molecule has 15 atom stereocenters. The van der Waals surface area contributed by atoms with Crippen molar-refractivity contribution in [3.63, 3.8) is 0 Å². The van der Waals surface area contributed by atoms with E-state index in [-0.39, 0.29) is 41.8 Å². The first-order valence-electron chi connectivity index (χ1n) is 17.1. The highest BCUT2D eigenvalue weighted by atomic mass is 16.7. The van der Waals surface area contributed by atoms with Gasteiger partial charge >= 0.3 is 11.9 Å². The van der Waals surface area contributed by atoms with Crippen molar-refractivity contribution in [1.29, 1.82) is 0 Å². The van der Waals surface area contributed by atoms with E-state index >= 15 is 0 Å². The van der Waals surface area contributed by atoms with Gasteiger partial charge in [-0.25, -0.2) is 0 Å². The fourth-order valence-electron chi connectivity index (χ4n) is 12.1. The molecule has 1 heterocycles. The van der Waals surface area contributed by atoms with Gasteiger partial charge in [-0.1, -0.05) is 39.3 Å². The maximum atomic E-state index is 13.0. The molecule has 6 aliphatic rings. The fraction of sp³-hybridized carbons (Fsp3) is 0.886. The maximum Gasteiger partial charge on any atom is 0.310 e. The van der Waals surface area contributed by atoms with E-state index in [2.05, 4.69) is 26.8 Å². The Bertz CT molecular complexity index is 1290. The van der Waals surface area contributed by atoms with Gasteiger partial charge in [0.05, 0.1) is 36.3 Å². The average molecular weight is 651 g/mol. The topological polar surface area (TPSA) is 194 Å². The standard InChI is InChI=1S/C35H54O11/c1-30(28(41)42)10-12-35(29(43)44)13-11-33(4)18(19(35)14-30)6-7-23-31(2)15-20(37)26(46-27-25(40)24(39)21(38)16-45-27)32(3,17-36)22(31)8-9-34(23,33)5/h6,19-27,36-40H,7-17H2,1-5H3,(H,41,42)(H,43,44)/t19-,20+,21-,22+,23-,24+,25-,26-,27+,30+,31-,32+,33-,34-,35+/m1/s1. The number of aliphatic carboxylic acids is 2. The first-order chi connectivity index (χ1) is 21.3. The molecular weight excluding hydrogens is 596 g/mol. The Hall–Kier alpha value is -1.60. The Morgan fingerprint density at radius 1 is 0.870 bits per heavy atom.